The maximum atomic E-state index is 12.8. The van der Waals surface area contributed by atoms with Crippen LogP contribution in [0.4, 0.5) is 0 Å². The number of amides is 2. The molecule has 2 aromatic rings. The molecule has 28 heavy (non-hydrogen) atoms. The second-order valence-corrected chi connectivity index (χ2v) is 7.73. The van der Waals surface area contributed by atoms with Crippen molar-refractivity contribution in [3.63, 3.8) is 0 Å². The molecule has 1 aromatic heterocycles. The lowest BCUT2D eigenvalue weighted by Crippen LogP contribution is -2.43. The number of hydrogen-bond donors (Lipinski definition) is 0. The second-order valence-electron chi connectivity index (χ2n) is 7.73. The van der Waals surface area contributed by atoms with Crippen LogP contribution in [0.5, 0.6) is 0 Å². The number of benzene rings is 1. The third-order valence-electron chi connectivity index (χ3n) is 5.75. The Morgan fingerprint density at radius 3 is 2.39 bits per heavy atom. The zero-order valence-corrected chi connectivity index (χ0v) is 17.0. The van der Waals surface area contributed by atoms with Gasteiger partial charge in [-0.05, 0) is 74.1 Å². The fourth-order valence-corrected chi connectivity index (χ4v) is 3.65. The van der Waals surface area contributed by atoms with Crippen LogP contribution in [0, 0.1) is 19.8 Å². The van der Waals surface area contributed by atoms with E-state index < -0.39 is 0 Å². The van der Waals surface area contributed by atoms with Crippen LogP contribution in [-0.4, -0.2) is 53.3 Å². The Hall–Kier alpha value is -2.69. The highest BCUT2D eigenvalue weighted by atomic mass is 16.2. The standard InChI is InChI=1S/C23H29N3O2/c1-17-4-5-21(16-18(17)2)23(28)26-14-9-20(10-15-26)22(27)25(3)13-8-19-6-11-24-12-7-19/h4-7,11-12,16,20H,8-10,13-15H2,1-3H3. The molecule has 0 bridgehead atoms. The van der Waals surface area contributed by atoms with Gasteiger partial charge < -0.3 is 9.80 Å². The first-order chi connectivity index (χ1) is 13.5. The summed E-state index contributed by atoms with van der Waals surface area (Å²) in [4.78, 5) is 33.2. The van der Waals surface area contributed by atoms with Crippen molar-refractivity contribution in [1.82, 2.24) is 14.8 Å². The van der Waals surface area contributed by atoms with Gasteiger partial charge in [-0.3, -0.25) is 14.6 Å². The topological polar surface area (TPSA) is 53.5 Å². The van der Waals surface area contributed by atoms with Crippen molar-refractivity contribution in [2.75, 3.05) is 26.7 Å². The van der Waals surface area contributed by atoms with E-state index in [1.165, 1.54) is 11.1 Å². The van der Waals surface area contributed by atoms with Crippen LogP contribution in [0.2, 0.25) is 0 Å². The Bertz CT molecular complexity index is 827. The quantitative estimate of drug-likeness (QED) is 0.801. The molecule has 148 valence electrons. The number of piperidine rings is 1. The normalized spacial score (nSPS) is 14.8. The molecule has 0 aliphatic carbocycles. The smallest absolute Gasteiger partial charge is 0.253 e. The lowest BCUT2D eigenvalue weighted by atomic mass is 9.94. The van der Waals surface area contributed by atoms with Crippen LogP contribution in [0.15, 0.2) is 42.7 Å². The van der Waals surface area contributed by atoms with E-state index in [0.29, 0.717) is 19.6 Å². The number of pyridine rings is 1. The summed E-state index contributed by atoms with van der Waals surface area (Å²) in [6, 6.07) is 9.82. The van der Waals surface area contributed by atoms with Crippen LogP contribution in [-0.2, 0) is 11.2 Å². The van der Waals surface area contributed by atoms with E-state index in [9.17, 15) is 9.59 Å². The molecule has 0 radical (unpaired) electrons. The van der Waals surface area contributed by atoms with Gasteiger partial charge in [-0.1, -0.05) is 6.07 Å². The van der Waals surface area contributed by atoms with Crippen LogP contribution in [0.25, 0.3) is 0 Å². The predicted octanol–water partition coefficient (Wildman–Crippen LogP) is 3.25. The summed E-state index contributed by atoms with van der Waals surface area (Å²) >= 11 is 0. The van der Waals surface area contributed by atoms with Crippen LogP contribution in [0.1, 0.15) is 39.9 Å². The van der Waals surface area contributed by atoms with Crippen LogP contribution in [0.3, 0.4) is 0 Å². The summed E-state index contributed by atoms with van der Waals surface area (Å²) in [5.74, 6) is 0.263. The van der Waals surface area contributed by atoms with Crippen LogP contribution < -0.4 is 0 Å². The van der Waals surface area contributed by atoms with Gasteiger partial charge in [0.1, 0.15) is 0 Å². The molecule has 3 rings (SSSR count). The van der Waals surface area contributed by atoms with Gasteiger partial charge in [0.05, 0.1) is 0 Å². The number of likely N-dealkylation sites (tertiary alicyclic amines) is 1. The van der Waals surface area contributed by atoms with E-state index in [0.717, 1.165) is 30.4 Å². The molecule has 2 amide bonds. The molecular formula is C23H29N3O2. The Balaban J connectivity index is 1.50. The molecule has 0 N–H and O–H groups in total. The van der Waals surface area contributed by atoms with E-state index in [-0.39, 0.29) is 17.7 Å². The molecule has 0 saturated carbocycles. The fraction of sp³-hybridized carbons (Fsp3) is 0.435. The summed E-state index contributed by atoms with van der Waals surface area (Å²) in [5, 5.41) is 0. The molecule has 1 saturated heterocycles. The summed E-state index contributed by atoms with van der Waals surface area (Å²) in [5.41, 5.74) is 4.24. The third kappa shape index (κ3) is 4.77. The number of likely N-dealkylation sites (N-methyl/N-ethyl adjacent to an activating group) is 1. The van der Waals surface area contributed by atoms with Gasteiger partial charge in [0.25, 0.3) is 5.91 Å². The fourth-order valence-electron chi connectivity index (χ4n) is 3.65. The minimum absolute atomic E-state index is 0.00578. The molecule has 1 aromatic carbocycles. The molecular weight excluding hydrogens is 350 g/mol. The van der Waals surface area contributed by atoms with Gasteiger partial charge in [0.15, 0.2) is 0 Å². The third-order valence-corrected chi connectivity index (χ3v) is 5.75. The Morgan fingerprint density at radius 1 is 1.07 bits per heavy atom. The number of nitrogens with zero attached hydrogens (tertiary/aromatic N) is 3. The summed E-state index contributed by atoms with van der Waals surface area (Å²) < 4.78 is 0. The summed E-state index contributed by atoms with van der Waals surface area (Å²) in [6.07, 6.45) is 5.84. The maximum absolute atomic E-state index is 12.8. The van der Waals surface area contributed by atoms with Gasteiger partial charge >= 0.3 is 0 Å². The summed E-state index contributed by atoms with van der Waals surface area (Å²) in [7, 11) is 1.87. The molecule has 5 nitrogen and oxygen atoms in total. The minimum atomic E-state index is 0.00578. The van der Waals surface area contributed by atoms with E-state index in [2.05, 4.69) is 4.98 Å². The number of rotatable bonds is 5. The minimum Gasteiger partial charge on any atom is -0.345 e. The highest BCUT2D eigenvalue weighted by Gasteiger charge is 2.29. The van der Waals surface area contributed by atoms with Crippen molar-refractivity contribution in [2.24, 2.45) is 5.92 Å². The highest BCUT2D eigenvalue weighted by molar-refractivity contribution is 5.94. The molecule has 5 heteroatoms. The first-order valence-electron chi connectivity index (χ1n) is 9.96. The maximum Gasteiger partial charge on any atom is 0.253 e. The molecule has 0 spiro atoms. The van der Waals surface area contributed by atoms with Gasteiger partial charge in [-0.2, -0.15) is 0 Å². The largest absolute Gasteiger partial charge is 0.345 e. The monoisotopic (exact) mass is 379 g/mol. The van der Waals surface area contributed by atoms with Gasteiger partial charge in [-0.25, -0.2) is 0 Å². The summed E-state index contributed by atoms with van der Waals surface area (Å²) in [6.45, 7) is 6.05. The zero-order chi connectivity index (χ0) is 20.1. The van der Waals surface area contributed by atoms with Gasteiger partial charge in [0, 0.05) is 50.6 Å². The highest BCUT2D eigenvalue weighted by Crippen LogP contribution is 2.22. The number of aryl methyl sites for hydroxylation is 2. The van der Waals surface area contributed by atoms with Crippen molar-refractivity contribution >= 4 is 11.8 Å². The molecule has 0 unspecified atom stereocenters. The van der Waals surface area contributed by atoms with Crippen molar-refractivity contribution in [3.05, 3.63) is 65.0 Å². The van der Waals surface area contributed by atoms with Gasteiger partial charge in [0.2, 0.25) is 5.91 Å². The Kier molecular flexibility index (Phi) is 6.45. The first kappa shape index (κ1) is 20.1. The van der Waals surface area contributed by atoms with E-state index >= 15 is 0 Å². The number of aromatic nitrogens is 1. The second kappa shape index (κ2) is 9.00. The first-order valence-corrected chi connectivity index (χ1v) is 9.96. The molecule has 2 heterocycles. The van der Waals surface area contributed by atoms with Crippen LogP contribution >= 0.6 is 0 Å². The van der Waals surface area contributed by atoms with Gasteiger partial charge in [-0.15, -0.1) is 0 Å². The predicted molar refractivity (Wildman–Crippen MR) is 110 cm³/mol. The lowest BCUT2D eigenvalue weighted by Gasteiger charge is -2.33. The molecule has 1 aliphatic heterocycles. The van der Waals surface area contributed by atoms with E-state index in [4.69, 9.17) is 0 Å². The Labute approximate surface area is 167 Å². The van der Waals surface area contributed by atoms with Crippen molar-refractivity contribution in [3.8, 4) is 0 Å². The molecule has 1 aliphatic rings. The van der Waals surface area contributed by atoms with Crippen molar-refractivity contribution < 1.29 is 9.59 Å². The lowest BCUT2D eigenvalue weighted by molar-refractivity contribution is -0.135. The molecule has 1 fully saturated rings. The number of carbonyl (C=O) groups is 2. The zero-order valence-electron chi connectivity index (χ0n) is 17.0. The average molecular weight is 380 g/mol. The number of carbonyl (C=O) groups excluding carboxylic acids is 2. The number of hydrogen-bond acceptors (Lipinski definition) is 3. The van der Waals surface area contributed by atoms with E-state index in [1.54, 1.807) is 12.4 Å². The molecule has 0 atom stereocenters. The van der Waals surface area contributed by atoms with Crippen molar-refractivity contribution in [1.29, 1.82) is 0 Å². The van der Waals surface area contributed by atoms with Crippen molar-refractivity contribution in [2.45, 2.75) is 33.1 Å². The van der Waals surface area contributed by atoms with E-state index in [1.807, 2.05) is 61.0 Å². The SMILES string of the molecule is Cc1ccc(C(=O)N2CCC(C(=O)N(C)CCc3ccncc3)CC2)cc1C. The average Bonchev–Trinajstić information content (AvgIpc) is 2.73. The Morgan fingerprint density at radius 2 is 1.75 bits per heavy atom.